The molecule has 0 aliphatic rings. The summed E-state index contributed by atoms with van der Waals surface area (Å²) in [6.07, 6.45) is -1.34. The Balaban J connectivity index is 1.80. The first-order valence-corrected chi connectivity index (χ1v) is 9.36. The minimum absolute atomic E-state index is 0.00278. The molecule has 148 valence electrons. The summed E-state index contributed by atoms with van der Waals surface area (Å²) in [5.74, 6) is -1.99. The van der Waals surface area contributed by atoms with Gasteiger partial charge < -0.3 is 10.1 Å². The van der Waals surface area contributed by atoms with E-state index in [1.54, 1.807) is 42.5 Å². The van der Waals surface area contributed by atoms with E-state index in [1.807, 2.05) is 0 Å². The maximum absolute atomic E-state index is 13.1. The quantitative estimate of drug-likeness (QED) is 0.626. The van der Waals surface area contributed by atoms with Crippen molar-refractivity contribution in [1.82, 2.24) is 15.6 Å². The van der Waals surface area contributed by atoms with Gasteiger partial charge in [-0.05, 0) is 24.3 Å². The normalized spacial score (nSPS) is 11.4. The molecule has 0 spiro atoms. The number of aromatic nitrogens is 1. The van der Waals surface area contributed by atoms with Crippen LogP contribution in [-0.2, 0) is 9.53 Å². The van der Waals surface area contributed by atoms with Crippen LogP contribution in [0.25, 0.3) is 10.6 Å². The van der Waals surface area contributed by atoms with Crippen LogP contribution in [0.15, 0.2) is 60.0 Å². The number of nitrogens with one attached hydrogen (secondary N) is 2. The number of rotatable bonds is 5. The fourth-order valence-electron chi connectivity index (χ4n) is 2.40. The van der Waals surface area contributed by atoms with Crippen molar-refractivity contribution >= 4 is 29.2 Å². The number of ether oxygens (including phenoxy) is 1. The van der Waals surface area contributed by atoms with Crippen LogP contribution in [0.1, 0.15) is 22.2 Å². The highest BCUT2D eigenvalue weighted by molar-refractivity contribution is 7.13. The highest BCUT2D eigenvalue weighted by Crippen LogP contribution is 2.26. The van der Waals surface area contributed by atoms with Gasteiger partial charge in [0.2, 0.25) is 6.10 Å². The minimum atomic E-state index is -1.34. The Morgan fingerprint density at radius 2 is 1.76 bits per heavy atom. The van der Waals surface area contributed by atoms with E-state index >= 15 is 0 Å². The minimum Gasteiger partial charge on any atom is -0.443 e. The largest absolute Gasteiger partial charge is 0.443 e. The van der Waals surface area contributed by atoms with Gasteiger partial charge in [-0.25, -0.2) is 19.0 Å². The van der Waals surface area contributed by atoms with Crippen molar-refractivity contribution < 1.29 is 23.5 Å². The Morgan fingerprint density at radius 3 is 2.41 bits per heavy atom. The molecular formula is C20H16FN3O4S. The smallest absolute Gasteiger partial charge is 0.358 e. The van der Waals surface area contributed by atoms with Crippen molar-refractivity contribution in [3.05, 3.63) is 77.1 Å². The summed E-state index contributed by atoms with van der Waals surface area (Å²) in [7, 11) is 1.36. The van der Waals surface area contributed by atoms with Crippen molar-refractivity contribution in [2.75, 3.05) is 7.05 Å². The molecule has 1 atom stereocenters. The van der Waals surface area contributed by atoms with Crippen molar-refractivity contribution in [3.63, 3.8) is 0 Å². The molecule has 0 aliphatic heterocycles. The average Bonchev–Trinajstić information content (AvgIpc) is 3.23. The number of halogens is 1. The molecule has 1 heterocycles. The molecule has 3 rings (SSSR count). The zero-order chi connectivity index (χ0) is 20.8. The van der Waals surface area contributed by atoms with Crippen LogP contribution in [0.5, 0.6) is 0 Å². The van der Waals surface area contributed by atoms with Crippen LogP contribution in [-0.4, -0.2) is 29.9 Å². The predicted octanol–water partition coefficient (Wildman–Crippen LogP) is 3.30. The lowest BCUT2D eigenvalue weighted by Crippen LogP contribution is -2.41. The maximum Gasteiger partial charge on any atom is 0.358 e. The highest BCUT2D eigenvalue weighted by atomic mass is 32.1. The number of imide groups is 1. The molecule has 0 saturated carbocycles. The number of amides is 3. The SMILES string of the molecule is CNC(=O)NC(=O)[C@H](OC(=O)c1csc(-c2ccc(F)cc2)n1)c1ccccc1. The molecule has 3 amide bonds. The van der Waals surface area contributed by atoms with Gasteiger partial charge in [-0.15, -0.1) is 11.3 Å². The van der Waals surface area contributed by atoms with Crippen molar-refractivity contribution in [3.8, 4) is 10.6 Å². The molecule has 0 bridgehead atoms. The van der Waals surface area contributed by atoms with Crippen LogP contribution in [0, 0.1) is 5.82 Å². The summed E-state index contributed by atoms with van der Waals surface area (Å²) in [6, 6.07) is 13.3. The van der Waals surface area contributed by atoms with Crippen LogP contribution in [0.2, 0.25) is 0 Å². The second-order valence-electron chi connectivity index (χ2n) is 5.81. The first-order chi connectivity index (χ1) is 14.0. The number of benzene rings is 2. The Morgan fingerprint density at radius 1 is 1.07 bits per heavy atom. The molecule has 0 fully saturated rings. The Hall–Kier alpha value is -3.59. The zero-order valence-electron chi connectivity index (χ0n) is 15.2. The third kappa shape index (κ3) is 5.02. The van der Waals surface area contributed by atoms with E-state index in [1.165, 1.54) is 35.9 Å². The number of nitrogens with zero attached hydrogens (tertiary/aromatic N) is 1. The standard InChI is InChI=1S/C20H16FN3O4S/c1-22-20(27)24-17(25)16(12-5-3-2-4-6-12)28-19(26)15-11-29-18(23-15)13-7-9-14(21)10-8-13/h2-11,16H,1H3,(H2,22,24,25,27)/t16-/m1/s1. The van der Waals surface area contributed by atoms with Crippen molar-refractivity contribution in [1.29, 1.82) is 0 Å². The Kier molecular flexibility index (Phi) is 6.30. The second kappa shape index (κ2) is 9.07. The van der Waals surface area contributed by atoms with Gasteiger partial charge in [0.15, 0.2) is 5.69 Å². The van der Waals surface area contributed by atoms with Gasteiger partial charge in [0.05, 0.1) is 0 Å². The van der Waals surface area contributed by atoms with Gasteiger partial charge >= 0.3 is 12.0 Å². The van der Waals surface area contributed by atoms with Crippen LogP contribution in [0.4, 0.5) is 9.18 Å². The van der Waals surface area contributed by atoms with E-state index < -0.39 is 24.0 Å². The molecule has 1 aromatic heterocycles. The predicted molar refractivity (Wildman–Crippen MR) is 105 cm³/mol. The molecule has 3 aromatic rings. The first kappa shape index (κ1) is 20.2. The van der Waals surface area contributed by atoms with Gasteiger partial charge in [0, 0.05) is 23.6 Å². The number of urea groups is 1. The summed E-state index contributed by atoms with van der Waals surface area (Å²) in [5.41, 5.74) is 1.05. The lowest BCUT2D eigenvalue weighted by molar-refractivity contribution is -0.129. The molecule has 29 heavy (non-hydrogen) atoms. The molecule has 9 heteroatoms. The molecule has 0 saturated heterocycles. The van der Waals surface area contributed by atoms with Crippen molar-refractivity contribution in [2.45, 2.75) is 6.10 Å². The fraction of sp³-hybridized carbons (Fsp3) is 0.100. The molecule has 7 nitrogen and oxygen atoms in total. The van der Waals surface area contributed by atoms with Gasteiger partial charge in [0.25, 0.3) is 5.91 Å². The Labute approximate surface area is 169 Å². The number of carbonyl (C=O) groups is 3. The monoisotopic (exact) mass is 413 g/mol. The van der Waals surface area contributed by atoms with E-state index in [0.717, 1.165) is 0 Å². The third-order valence-corrected chi connectivity index (χ3v) is 4.72. The first-order valence-electron chi connectivity index (χ1n) is 8.48. The summed E-state index contributed by atoms with van der Waals surface area (Å²) in [5, 5.41) is 6.35. The van der Waals surface area contributed by atoms with Gasteiger partial charge in [-0.2, -0.15) is 0 Å². The molecule has 0 aliphatic carbocycles. The van der Waals surface area contributed by atoms with E-state index in [4.69, 9.17) is 4.74 Å². The molecular weight excluding hydrogens is 397 g/mol. The molecule has 2 N–H and O–H groups in total. The third-order valence-electron chi connectivity index (χ3n) is 3.83. The summed E-state index contributed by atoms with van der Waals surface area (Å²) in [4.78, 5) is 40.7. The lowest BCUT2D eigenvalue weighted by Gasteiger charge is -2.16. The number of carbonyl (C=O) groups excluding carboxylic acids is 3. The zero-order valence-corrected chi connectivity index (χ0v) is 16.0. The fourth-order valence-corrected chi connectivity index (χ4v) is 3.20. The van der Waals surface area contributed by atoms with Crippen LogP contribution in [0.3, 0.4) is 0 Å². The van der Waals surface area contributed by atoms with Gasteiger partial charge in [0.1, 0.15) is 10.8 Å². The second-order valence-corrected chi connectivity index (χ2v) is 6.67. The van der Waals surface area contributed by atoms with E-state index in [0.29, 0.717) is 16.1 Å². The van der Waals surface area contributed by atoms with Crippen LogP contribution >= 0.6 is 11.3 Å². The number of hydrogen-bond donors (Lipinski definition) is 2. The summed E-state index contributed by atoms with van der Waals surface area (Å²) < 4.78 is 18.4. The van der Waals surface area contributed by atoms with Gasteiger partial charge in [-0.1, -0.05) is 30.3 Å². The number of esters is 1. The maximum atomic E-state index is 13.1. The average molecular weight is 413 g/mol. The number of thiazole rings is 1. The van der Waals surface area contributed by atoms with E-state index in [-0.39, 0.29) is 11.5 Å². The molecule has 0 unspecified atom stereocenters. The van der Waals surface area contributed by atoms with Crippen molar-refractivity contribution in [2.24, 2.45) is 0 Å². The van der Waals surface area contributed by atoms with E-state index in [2.05, 4.69) is 15.6 Å². The summed E-state index contributed by atoms with van der Waals surface area (Å²) in [6.45, 7) is 0. The summed E-state index contributed by atoms with van der Waals surface area (Å²) >= 11 is 1.18. The topological polar surface area (TPSA) is 97.4 Å². The highest BCUT2D eigenvalue weighted by Gasteiger charge is 2.28. The Bertz CT molecular complexity index is 1020. The van der Waals surface area contributed by atoms with Crippen LogP contribution < -0.4 is 10.6 Å². The number of hydrogen-bond acceptors (Lipinski definition) is 6. The lowest BCUT2D eigenvalue weighted by atomic mass is 10.1. The van der Waals surface area contributed by atoms with E-state index in [9.17, 15) is 18.8 Å². The van der Waals surface area contributed by atoms with Gasteiger partial charge in [-0.3, -0.25) is 10.1 Å². The molecule has 2 aromatic carbocycles. The molecule has 0 radical (unpaired) electrons.